The number of hydrogen-bond acceptors (Lipinski definition) is 5. The van der Waals surface area contributed by atoms with Crippen molar-refractivity contribution >= 4 is 21.6 Å². The Labute approximate surface area is 172 Å². The molecule has 29 heavy (non-hydrogen) atoms. The van der Waals surface area contributed by atoms with Gasteiger partial charge in [0.05, 0.1) is 31.8 Å². The number of nitrogens with zero attached hydrogens (tertiary/aromatic N) is 1. The van der Waals surface area contributed by atoms with E-state index >= 15 is 0 Å². The van der Waals surface area contributed by atoms with Crippen LogP contribution in [0.25, 0.3) is 0 Å². The molecule has 0 aliphatic rings. The normalized spacial score (nSPS) is 12.2. The van der Waals surface area contributed by atoms with Crippen LogP contribution >= 0.6 is 0 Å². The van der Waals surface area contributed by atoms with Crippen LogP contribution in [-0.4, -0.2) is 46.4 Å². The van der Waals surface area contributed by atoms with Crippen LogP contribution < -0.4 is 14.4 Å². The van der Waals surface area contributed by atoms with Crippen molar-refractivity contribution in [3.8, 4) is 5.75 Å². The molecular weight excluding hydrogens is 392 g/mol. The summed E-state index contributed by atoms with van der Waals surface area (Å²) >= 11 is 0. The van der Waals surface area contributed by atoms with E-state index in [0.29, 0.717) is 31.3 Å². The summed E-state index contributed by atoms with van der Waals surface area (Å²) in [6, 6.07) is 15.4. The molecule has 1 atom stereocenters. The van der Waals surface area contributed by atoms with E-state index < -0.39 is 22.0 Å². The first kappa shape index (κ1) is 22.7. The second kappa shape index (κ2) is 10.8. The van der Waals surface area contributed by atoms with Gasteiger partial charge >= 0.3 is 0 Å². The molecule has 0 bridgehead atoms. The highest BCUT2D eigenvalue weighted by molar-refractivity contribution is 7.92. The van der Waals surface area contributed by atoms with E-state index in [4.69, 9.17) is 9.47 Å². The van der Waals surface area contributed by atoms with Gasteiger partial charge in [0.2, 0.25) is 15.9 Å². The van der Waals surface area contributed by atoms with Gasteiger partial charge in [-0.05, 0) is 43.7 Å². The molecule has 1 amide bonds. The molecule has 2 aromatic rings. The predicted molar refractivity (Wildman–Crippen MR) is 114 cm³/mol. The average molecular weight is 421 g/mol. The third-order valence-electron chi connectivity index (χ3n) is 4.15. The van der Waals surface area contributed by atoms with E-state index in [1.54, 1.807) is 31.2 Å². The summed E-state index contributed by atoms with van der Waals surface area (Å²) in [6.45, 7) is 5.00. The van der Waals surface area contributed by atoms with Gasteiger partial charge in [0.15, 0.2) is 0 Å². The van der Waals surface area contributed by atoms with Gasteiger partial charge < -0.3 is 14.8 Å². The van der Waals surface area contributed by atoms with Gasteiger partial charge in [0.1, 0.15) is 11.8 Å². The standard InChI is InChI=1S/C21H28N2O5S/c1-4-28-20-12-10-19(11-13-20)23(29(3,25)26)17(2)21(24)22-14-15-27-16-18-8-6-5-7-9-18/h5-13,17H,4,14-16H2,1-3H3,(H,22,24)/t17-/m0/s1. The van der Waals surface area contributed by atoms with Crippen molar-refractivity contribution in [1.29, 1.82) is 0 Å². The van der Waals surface area contributed by atoms with Gasteiger partial charge in [-0.25, -0.2) is 8.42 Å². The SMILES string of the molecule is CCOc1ccc(N([C@@H](C)C(=O)NCCOCc2ccccc2)S(C)(=O)=O)cc1. The third-order valence-corrected chi connectivity index (χ3v) is 5.39. The van der Waals surface area contributed by atoms with Crippen LogP contribution in [0.4, 0.5) is 5.69 Å². The van der Waals surface area contributed by atoms with Crippen molar-refractivity contribution in [3.63, 3.8) is 0 Å². The van der Waals surface area contributed by atoms with Gasteiger partial charge in [-0.3, -0.25) is 9.10 Å². The van der Waals surface area contributed by atoms with Crippen molar-refractivity contribution < 1.29 is 22.7 Å². The monoisotopic (exact) mass is 420 g/mol. The number of amides is 1. The molecule has 0 fully saturated rings. The minimum absolute atomic E-state index is 0.289. The van der Waals surface area contributed by atoms with Gasteiger partial charge in [-0.15, -0.1) is 0 Å². The third kappa shape index (κ3) is 7.07. The lowest BCUT2D eigenvalue weighted by molar-refractivity contribution is -0.122. The first-order valence-corrected chi connectivity index (χ1v) is 11.3. The summed E-state index contributed by atoms with van der Waals surface area (Å²) in [5.41, 5.74) is 1.45. The molecular formula is C21H28N2O5S. The Kier molecular flexibility index (Phi) is 8.48. The highest BCUT2D eigenvalue weighted by Gasteiger charge is 2.28. The second-order valence-corrected chi connectivity index (χ2v) is 8.35. The first-order chi connectivity index (χ1) is 13.8. The number of sulfonamides is 1. The highest BCUT2D eigenvalue weighted by Crippen LogP contribution is 2.24. The Bertz CT molecular complexity index is 870. The summed E-state index contributed by atoms with van der Waals surface area (Å²) in [4.78, 5) is 12.5. The van der Waals surface area contributed by atoms with Crippen molar-refractivity contribution in [3.05, 3.63) is 60.2 Å². The van der Waals surface area contributed by atoms with Gasteiger partial charge in [0.25, 0.3) is 0 Å². The Balaban J connectivity index is 1.92. The Morgan fingerprint density at radius 2 is 1.76 bits per heavy atom. The molecule has 0 unspecified atom stereocenters. The maximum Gasteiger partial charge on any atom is 0.243 e. The lowest BCUT2D eigenvalue weighted by Crippen LogP contribution is -2.48. The maximum atomic E-state index is 12.5. The van der Waals surface area contributed by atoms with Gasteiger partial charge in [0, 0.05) is 6.54 Å². The fourth-order valence-corrected chi connectivity index (χ4v) is 4.00. The molecule has 0 spiro atoms. The minimum atomic E-state index is -3.66. The van der Waals surface area contributed by atoms with E-state index in [2.05, 4.69) is 5.32 Å². The van der Waals surface area contributed by atoms with Crippen LogP contribution in [-0.2, 0) is 26.2 Å². The van der Waals surface area contributed by atoms with E-state index in [0.717, 1.165) is 16.1 Å². The van der Waals surface area contributed by atoms with Crippen molar-refractivity contribution in [2.75, 3.05) is 30.3 Å². The average Bonchev–Trinajstić information content (AvgIpc) is 2.69. The quantitative estimate of drug-likeness (QED) is 0.565. The van der Waals surface area contributed by atoms with Crippen molar-refractivity contribution in [2.45, 2.75) is 26.5 Å². The van der Waals surface area contributed by atoms with Crippen LogP contribution in [0.15, 0.2) is 54.6 Å². The van der Waals surface area contributed by atoms with E-state index in [1.165, 1.54) is 0 Å². The summed E-state index contributed by atoms with van der Waals surface area (Å²) in [5, 5.41) is 2.73. The summed E-state index contributed by atoms with van der Waals surface area (Å²) < 4.78 is 36.6. The molecule has 2 aromatic carbocycles. The summed E-state index contributed by atoms with van der Waals surface area (Å²) in [7, 11) is -3.66. The Hall–Kier alpha value is -2.58. The van der Waals surface area contributed by atoms with Gasteiger partial charge in [-0.2, -0.15) is 0 Å². The van der Waals surface area contributed by atoms with Crippen LogP contribution in [0.3, 0.4) is 0 Å². The highest BCUT2D eigenvalue weighted by atomic mass is 32.2. The number of carbonyl (C=O) groups is 1. The number of nitrogens with one attached hydrogen (secondary N) is 1. The molecule has 158 valence electrons. The molecule has 0 saturated carbocycles. The zero-order chi connectivity index (χ0) is 21.3. The number of anilines is 1. The summed E-state index contributed by atoms with van der Waals surface area (Å²) in [5.74, 6) is 0.241. The molecule has 0 saturated heterocycles. The molecule has 0 radical (unpaired) electrons. The topological polar surface area (TPSA) is 84.9 Å². The first-order valence-electron chi connectivity index (χ1n) is 9.44. The van der Waals surface area contributed by atoms with Crippen LogP contribution in [0.2, 0.25) is 0 Å². The number of ether oxygens (including phenoxy) is 2. The number of benzene rings is 2. The molecule has 0 heterocycles. The lowest BCUT2D eigenvalue weighted by Gasteiger charge is -2.28. The molecule has 1 N–H and O–H groups in total. The fraction of sp³-hybridized carbons (Fsp3) is 0.381. The summed E-state index contributed by atoms with van der Waals surface area (Å²) in [6.07, 6.45) is 1.08. The smallest absolute Gasteiger partial charge is 0.243 e. The Morgan fingerprint density at radius 3 is 2.34 bits per heavy atom. The molecule has 8 heteroatoms. The number of rotatable bonds is 11. The molecule has 7 nitrogen and oxygen atoms in total. The van der Waals surface area contributed by atoms with Crippen LogP contribution in [0.1, 0.15) is 19.4 Å². The van der Waals surface area contributed by atoms with Crippen molar-refractivity contribution in [2.24, 2.45) is 0 Å². The fourth-order valence-electron chi connectivity index (χ4n) is 2.82. The largest absolute Gasteiger partial charge is 0.494 e. The number of hydrogen-bond donors (Lipinski definition) is 1. The predicted octanol–water partition coefficient (Wildman–Crippen LogP) is 2.57. The minimum Gasteiger partial charge on any atom is -0.494 e. The van der Waals surface area contributed by atoms with Crippen LogP contribution in [0, 0.1) is 0 Å². The van der Waals surface area contributed by atoms with Crippen LogP contribution in [0.5, 0.6) is 5.75 Å². The zero-order valence-electron chi connectivity index (χ0n) is 17.0. The zero-order valence-corrected chi connectivity index (χ0v) is 17.8. The lowest BCUT2D eigenvalue weighted by atomic mass is 10.2. The molecule has 0 aromatic heterocycles. The Morgan fingerprint density at radius 1 is 1.10 bits per heavy atom. The van der Waals surface area contributed by atoms with E-state index in [1.807, 2.05) is 37.3 Å². The second-order valence-electron chi connectivity index (χ2n) is 6.49. The van der Waals surface area contributed by atoms with E-state index in [-0.39, 0.29) is 6.54 Å². The number of carbonyl (C=O) groups excluding carboxylic acids is 1. The van der Waals surface area contributed by atoms with Crippen molar-refractivity contribution in [1.82, 2.24) is 5.32 Å². The molecule has 2 rings (SSSR count). The molecule has 0 aliphatic heterocycles. The maximum absolute atomic E-state index is 12.5. The molecule has 0 aliphatic carbocycles. The van der Waals surface area contributed by atoms with E-state index in [9.17, 15) is 13.2 Å². The van der Waals surface area contributed by atoms with Gasteiger partial charge in [-0.1, -0.05) is 30.3 Å².